The molecular formula is C18H19N3O. The van der Waals surface area contributed by atoms with Gasteiger partial charge in [0, 0.05) is 11.8 Å². The van der Waals surface area contributed by atoms with E-state index in [1.54, 1.807) is 6.20 Å². The van der Waals surface area contributed by atoms with Crippen molar-refractivity contribution in [3.63, 3.8) is 0 Å². The highest BCUT2D eigenvalue weighted by Gasteiger charge is 2.14. The van der Waals surface area contributed by atoms with Gasteiger partial charge in [0.1, 0.15) is 5.65 Å². The highest BCUT2D eigenvalue weighted by Crippen LogP contribution is 2.22. The molecule has 0 unspecified atom stereocenters. The van der Waals surface area contributed by atoms with E-state index in [0.717, 1.165) is 5.65 Å². The van der Waals surface area contributed by atoms with Crippen molar-refractivity contribution in [3.8, 4) is 0 Å². The fourth-order valence-corrected chi connectivity index (χ4v) is 2.30. The second-order valence-corrected chi connectivity index (χ2v) is 6.37. The molecular weight excluding hydrogens is 274 g/mol. The molecule has 0 atom stereocenters. The van der Waals surface area contributed by atoms with Gasteiger partial charge in [0.05, 0.1) is 6.20 Å². The van der Waals surface area contributed by atoms with Gasteiger partial charge < -0.3 is 9.72 Å². The second kappa shape index (κ2) is 5.30. The minimum atomic E-state index is -0.149. The summed E-state index contributed by atoms with van der Waals surface area (Å²) < 4.78 is 1.87. The Morgan fingerprint density at radius 3 is 2.45 bits per heavy atom. The third-order valence-electron chi connectivity index (χ3n) is 3.62. The predicted octanol–water partition coefficient (Wildman–Crippen LogP) is 3.88. The fourth-order valence-electron chi connectivity index (χ4n) is 2.30. The molecule has 1 N–H and O–H groups in total. The van der Waals surface area contributed by atoms with Crippen LogP contribution in [0.25, 0.3) is 5.65 Å². The number of amides is 1. The fraction of sp³-hybridized carbons (Fsp3) is 0.222. The lowest BCUT2D eigenvalue weighted by Gasteiger charge is -2.18. The first-order chi connectivity index (χ1) is 10.4. The van der Waals surface area contributed by atoms with E-state index < -0.39 is 0 Å². The molecule has 2 heterocycles. The molecule has 4 heteroatoms. The van der Waals surface area contributed by atoms with Gasteiger partial charge in [-0.2, -0.15) is 0 Å². The Bertz CT molecular complexity index is 777. The number of rotatable bonds is 2. The highest BCUT2D eigenvalue weighted by atomic mass is 16.1. The maximum absolute atomic E-state index is 12.3. The number of pyridine rings is 1. The van der Waals surface area contributed by atoms with Crippen LogP contribution < -0.4 is 5.32 Å². The summed E-state index contributed by atoms with van der Waals surface area (Å²) in [6, 6.07) is 13.4. The van der Waals surface area contributed by atoms with Gasteiger partial charge in [0.15, 0.2) is 5.82 Å². The SMILES string of the molecule is CC(C)(C)c1ccc(C(=O)Nc2cn3ccccc3n2)cc1. The third-order valence-corrected chi connectivity index (χ3v) is 3.62. The molecule has 0 spiro atoms. The number of anilines is 1. The van der Waals surface area contributed by atoms with Crippen LogP contribution in [0.1, 0.15) is 36.7 Å². The summed E-state index contributed by atoms with van der Waals surface area (Å²) >= 11 is 0. The molecule has 0 radical (unpaired) electrons. The van der Waals surface area contributed by atoms with Gasteiger partial charge in [-0.3, -0.25) is 4.79 Å². The van der Waals surface area contributed by atoms with Crippen molar-refractivity contribution in [1.82, 2.24) is 9.38 Å². The summed E-state index contributed by atoms with van der Waals surface area (Å²) in [5.74, 6) is 0.403. The van der Waals surface area contributed by atoms with Crippen LogP contribution >= 0.6 is 0 Å². The van der Waals surface area contributed by atoms with Crippen molar-refractivity contribution in [1.29, 1.82) is 0 Å². The molecule has 0 aliphatic carbocycles. The van der Waals surface area contributed by atoms with Crippen LogP contribution in [0.3, 0.4) is 0 Å². The first kappa shape index (κ1) is 14.3. The van der Waals surface area contributed by atoms with Crippen LogP contribution in [0.2, 0.25) is 0 Å². The lowest BCUT2D eigenvalue weighted by Crippen LogP contribution is -2.14. The number of aromatic nitrogens is 2. The van der Waals surface area contributed by atoms with Crippen LogP contribution in [0.5, 0.6) is 0 Å². The first-order valence-electron chi connectivity index (χ1n) is 7.29. The van der Waals surface area contributed by atoms with E-state index in [0.29, 0.717) is 11.4 Å². The first-order valence-corrected chi connectivity index (χ1v) is 7.29. The molecule has 2 aromatic heterocycles. The van der Waals surface area contributed by atoms with E-state index in [1.165, 1.54) is 5.56 Å². The van der Waals surface area contributed by atoms with Gasteiger partial charge in [-0.25, -0.2) is 4.98 Å². The summed E-state index contributed by atoms with van der Waals surface area (Å²) in [6.45, 7) is 6.45. The Hall–Kier alpha value is -2.62. The quantitative estimate of drug-likeness (QED) is 0.779. The zero-order chi connectivity index (χ0) is 15.7. The Balaban J connectivity index is 1.79. The van der Waals surface area contributed by atoms with Gasteiger partial charge in [0.25, 0.3) is 5.91 Å². The number of hydrogen-bond donors (Lipinski definition) is 1. The van der Waals surface area contributed by atoms with Gasteiger partial charge in [-0.05, 0) is 35.2 Å². The maximum atomic E-state index is 12.3. The van der Waals surface area contributed by atoms with Crippen LogP contribution in [-0.2, 0) is 5.41 Å². The average molecular weight is 293 g/mol. The number of fused-ring (bicyclic) bond motifs is 1. The predicted molar refractivity (Wildman–Crippen MR) is 88.3 cm³/mol. The molecule has 0 aliphatic rings. The van der Waals surface area contributed by atoms with Crippen molar-refractivity contribution < 1.29 is 4.79 Å². The van der Waals surface area contributed by atoms with Gasteiger partial charge in [-0.1, -0.05) is 39.0 Å². The van der Waals surface area contributed by atoms with Crippen LogP contribution in [-0.4, -0.2) is 15.3 Å². The van der Waals surface area contributed by atoms with Crippen molar-refractivity contribution in [2.75, 3.05) is 5.32 Å². The van der Waals surface area contributed by atoms with Gasteiger partial charge in [0.2, 0.25) is 0 Å². The van der Waals surface area contributed by atoms with E-state index in [4.69, 9.17) is 0 Å². The Kier molecular flexibility index (Phi) is 3.45. The standard InChI is InChI=1S/C18H19N3O/c1-18(2,3)14-9-7-13(8-10-14)17(22)20-15-12-21-11-5-4-6-16(21)19-15/h4-12H,1-3H3,(H,20,22). The Labute approximate surface area is 129 Å². The number of benzene rings is 1. The lowest BCUT2D eigenvalue weighted by molar-refractivity contribution is 0.102. The lowest BCUT2D eigenvalue weighted by atomic mass is 9.87. The number of carbonyl (C=O) groups excluding carboxylic acids is 1. The number of hydrogen-bond acceptors (Lipinski definition) is 2. The van der Waals surface area contributed by atoms with E-state index in [9.17, 15) is 4.79 Å². The molecule has 4 nitrogen and oxygen atoms in total. The Morgan fingerprint density at radius 2 is 1.82 bits per heavy atom. The molecule has 1 aromatic carbocycles. The van der Waals surface area contributed by atoms with Crippen molar-refractivity contribution in [2.45, 2.75) is 26.2 Å². The van der Waals surface area contributed by atoms with Gasteiger partial charge in [-0.15, -0.1) is 0 Å². The summed E-state index contributed by atoms with van der Waals surface area (Å²) in [5.41, 5.74) is 2.72. The number of nitrogens with zero attached hydrogens (tertiary/aromatic N) is 2. The zero-order valence-electron chi connectivity index (χ0n) is 13.0. The largest absolute Gasteiger partial charge is 0.305 e. The minimum Gasteiger partial charge on any atom is -0.305 e. The van der Waals surface area contributed by atoms with Crippen molar-refractivity contribution in [2.24, 2.45) is 0 Å². The molecule has 0 aliphatic heterocycles. The number of nitrogens with one attached hydrogen (secondary N) is 1. The molecule has 3 aromatic rings. The molecule has 22 heavy (non-hydrogen) atoms. The monoisotopic (exact) mass is 293 g/mol. The molecule has 0 fully saturated rings. The van der Waals surface area contributed by atoms with Crippen LogP contribution in [0, 0.1) is 0 Å². The molecule has 112 valence electrons. The molecule has 0 saturated carbocycles. The maximum Gasteiger partial charge on any atom is 0.256 e. The van der Waals surface area contributed by atoms with E-state index in [1.807, 2.05) is 53.1 Å². The van der Waals surface area contributed by atoms with E-state index in [2.05, 4.69) is 31.1 Å². The molecule has 0 saturated heterocycles. The normalized spacial score (nSPS) is 11.6. The number of carbonyl (C=O) groups is 1. The van der Waals surface area contributed by atoms with Crippen LogP contribution in [0.4, 0.5) is 5.82 Å². The minimum absolute atomic E-state index is 0.0800. The van der Waals surface area contributed by atoms with E-state index >= 15 is 0 Å². The number of imidazole rings is 1. The molecule has 0 bridgehead atoms. The highest BCUT2D eigenvalue weighted by molar-refractivity contribution is 6.03. The zero-order valence-corrected chi connectivity index (χ0v) is 13.0. The summed E-state index contributed by atoms with van der Waals surface area (Å²) in [7, 11) is 0. The average Bonchev–Trinajstić information content (AvgIpc) is 2.88. The molecule has 1 amide bonds. The second-order valence-electron chi connectivity index (χ2n) is 6.37. The summed E-state index contributed by atoms with van der Waals surface area (Å²) in [6.07, 6.45) is 3.70. The topological polar surface area (TPSA) is 46.4 Å². The van der Waals surface area contributed by atoms with Gasteiger partial charge >= 0.3 is 0 Å². The molecule has 3 rings (SSSR count). The Morgan fingerprint density at radius 1 is 1.09 bits per heavy atom. The third kappa shape index (κ3) is 2.86. The van der Waals surface area contributed by atoms with Crippen LogP contribution in [0.15, 0.2) is 54.9 Å². The summed E-state index contributed by atoms with van der Waals surface area (Å²) in [5, 5.41) is 2.83. The van der Waals surface area contributed by atoms with E-state index in [-0.39, 0.29) is 11.3 Å². The van der Waals surface area contributed by atoms with Crippen molar-refractivity contribution in [3.05, 3.63) is 66.0 Å². The van der Waals surface area contributed by atoms with Crippen molar-refractivity contribution >= 4 is 17.4 Å². The smallest absolute Gasteiger partial charge is 0.256 e. The summed E-state index contributed by atoms with van der Waals surface area (Å²) in [4.78, 5) is 16.7.